The molecule has 0 fully saturated rings. The Kier molecular flexibility index (Phi) is 4.23. The zero-order valence-corrected chi connectivity index (χ0v) is 9.56. The van der Waals surface area contributed by atoms with Crippen LogP contribution in [-0.2, 0) is 11.3 Å². The number of oxime groups is 1. The fourth-order valence-corrected chi connectivity index (χ4v) is 1.60. The number of nitrogens with zero attached hydrogens (tertiary/aromatic N) is 1. The zero-order chi connectivity index (χ0) is 10.6. The monoisotopic (exact) mass is 231 g/mol. The number of benzene rings is 1. The topological polar surface area (TPSA) is 21.6 Å². The first kappa shape index (κ1) is 11.3. The van der Waals surface area contributed by atoms with E-state index in [2.05, 4.69) is 9.99 Å². The standard InChI is InChI=1S/C10H11Cl2NO/c1-7(13-14-2)5-8-3-4-9(11)6-10(8)12/h3-4,6H,5H2,1-2H3/b13-7-. The SMILES string of the molecule is CO/N=C(/C)Cc1ccc(Cl)cc1Cl. The van der Waals surface area contributed by atoms with Crippen molar-refractivity contribution in [2.45, 2.75) is 13.3 Å². The van der Waals surface area contributed by atoms with Gasteiger partial charge in [-0.2, -0.15) is 0 Å². The number of hydrogen-bond acceptors (Lipinski definition) is 2. The van der Waals surface area contributed by atoms with Gasteiger partial charge in [0.05, 0.1) is 5.71 Å². The van der Waals surface area contributed by atoms with Gasteiger partial charge in [-0.3, -0.25) is 0 Å². The summed E-state index contributed by atoms with van der Waals surface area (Å²) >= 11 is 11.8. The van der Waals surface area contributed by atoms with Crippen molar-refractivity contribution in [1.29, 1.82) is 0 Å². The maximum atomic E-state index is 5.99. The van der Waals surface area contributed by atoms with E-state index in [-0.39, 0.29) is 0 Å². The van der Waals surface area contributed by atoms with Gasteiger partial charge in [-0.1, -0.05) is 34.4 Å². The predicted octanol–water partition coefficient (Wildman–Crippen LogP) is 3.56. The van der Waals surface area contributed by atoms with Gasteiger partial charge in [0, 0.05) is 16.5 Å². The molecule has 1 rings (SSSR count). The van der Waals surface area contributed by atoms with E-state index in [0.29, 0.717) is 16.5 Å². The van der Waals surface area contributed by atoms with Crippen LogP contribution in [0.4, 0.5) is 0 Å². The molecule has 0 amide bonds. The van der Waals surface area contributed by atoms with Gasteiger partial charge in [0.15, 0.2) is 0 Å². The van der Waals surface area contributed by atoms with Crippen LogP contribution in [0.2, 0.25) is 10.0 Å². The quantitative estimate of drug-likeness (QED) is 0.576. The van der Waals surface area contributed by atoms with Crippen molar-refractivity contribution in [3.63, 3.8) is 0 Å². The van der Waals surface area contributed by atoms with Crippen LogP contribution in [0.3, 0.4) is 0 Å². The molecule has 0 radical (unpaired) electrons. The van der Waals surface area contributed by atoms with Crippen LogP contribution in [0.1, 0.15) is 12.5 Å². The van der Waals surface area contributed by atoms with Gasteiger partial charge >= 0.3 is 0 Å². The van der Waals surface area contributed by atoms with E-state index in [0.717, 1.165) is 11.3 Å². The van der Waals surface area contributed by atoms with Crippen molar-refractivity contribution in [3.05, 3.63) is 33.8 Å². The molecule has 2 nitrogen and oxygen atoms in total. The summed E-state index contributed by atoms with van der Waals surface area (Å²) in [5.41, 5.74) is 1.87. The Labute approximate surface area is 93.5 Å². The molecule has 0 bridgehead atoms. The number of hydrogen-bond donors (Lipinski definition) is 0. The molecule has 0 spiro atoms. The molecular weight excluding hydrogens is 221 g/mol. The second-order valence-electron chi connectivity index (χ2n) is 2.92. The Hall–Kier alpha value is -0.730. The lowest BCUT2D eigenvalue weighted by molar-refractivity contribution is 0.212. The van der Waals surface area contributed by atoms with E-state index >= 15 is 0 Å². The average Bonchev–Trinajstić information content (AvgIpc) is 2.10. The summed E-state index contributed by atoms with van der Waals surface area (Å²) in [6.45, 7) is 1.88. The summed E-state index contributed by atoms with van der Waals surface area (Å²) in [5.74, 6) is 0. The molecule has 0 unspecified atom stereocenters. The van der Waals surface area contributed by atoms with Gasteiger partial charge in [-0.15, -0.1) is 0 Å². The molecule has 0 aliphatic rings. The molecule has 1 aromatic rings. The van der Waals surface area contributed by atoms with Crippen molar-refractivity contribution in [2.75, 3.05) is 7.11 Å². The molecule has 1 aromatic carbocycles. The van der Waals surface area contributed by atoms with Gasteiger partial charge in [-0.05, 0) is 24.6 Å². The van der Waals surface area contributed by atoms with E-state index in [1.807, 2.05) is 19.1 Å². The van der Waals surface area contributed by atoms with E-state index in [1.165, 1.54) is 7.11 Å². The highest BCUT2D eigenvalue weighted by Crippen LogP contribution is 2.21. The summed E-state index contributed by atoms with van der Waals surface area (Å²) in [6, 6.07) is 5.42. The van der Waals surface area contributed by atoms with Gasteiger partial charge < -0.3 is 4.84 Å². The van der Waals surface area contributed by atoms with E-state index in [4.69, 9.17) is 23.2 Å². The van der Waals surface area contributed by atoms with Crippen molar-refractivity contribution in [2.24, 2.45) is 5.16 Å². The summed E-state index contributed by atoms with van der Waals surface area (Å²) in [6.07, 6.45) is 0.670. The highest BCUT2D eigenvalue weighted by molar-refractivity contribution is 6.35. The number of rotatable bonds is 3. The summed E-state index contributed by atoms with van der Waals surface area (Å²) in [4.78, 5) is 4.66. The fraction of sp³-hybridized carbons (Fsp3) is 0.300. The summed E-state index contributed by atoms with van der Waals surface area (Å²) in [5, 5.41) is 5.10. The highest BCUT2D eigenvalue weighted by atomic mass is 35.5. The molecule has 0 heterocycles. The zero-order valence-electron chi connectivity index (χ0n) is 8.05. The molecule has 0 saturated heterocycles. The predicted molar refractivity (Wildman–Crippen MR) is 60.3 cm³/mol. The van der Waals surface area contributed by atoms with Crippen molar-refractivity contribution in [3.8, 4) is 0 Å². The first-order valence-electron chi connectivity index (χ1n) is 4.14. The maximum Gasteiger partial charge on any atom is 0.106 e. The van der Waals surface area contributed by atoms with Crippen LogP contribution in [0.25, 0.3) is 0 Å². The Balaban J connectivity index is 2.82. The third-order valence-corrected chi connectivity index (χ3v) is 2.30. The lowest BCUT2D eigenvalue weighted by Crippen LogP contribution is -1.98. The third-order valence-electron chi connectivity index (χ3n) is 1.71. The van der Waals surface area contributed by atoms with Gasteiger partial charge in [-0.25, -0.2) is 0 Å². The molecule has 0 atom stereocenters. The minimum Gasteiger partial charge on any atom is -0.399 e. The van der Waals surface area contributed by atoms with Crippen LogP contribution in [0, 0.1) is 0 Å². The molecular formula is C10H11Cl2NO. The Bertz CT molecular complexity index is 350. The molecule has 14 heavy (non-hydrogen) atoms. The van der Waals surface area contributed by atoms with Crippen LogP contribution in [0.5, 0.6) is 0 Å². The molecule has 4 heteroatoms. The average molecular weight is 232 g/mol. The van der Waals surface area contributed by atoms with E-state index in [9.17, 15) is 0 Å². The van der Waals surface area contributed by atoms with Crippen molar-refractivity contribution in [1.82, 2.24) is 0 Å². The molecule has 0 N–H and O–H groups in total. The highest BCUT2D eigenvalue weighted by Gasteiger charge is 2.02. The lowest BCUT2D eigenvalue weighted by atomic mass is 10.1. The Morgan fingerprint density at radius 3 is 2.71 bits per heavy atom. The summed E-state index contributed by atoms with van der Waals surface area (Å²) < 4.78 is 0. The first-order chi connectivity index (χ1) is 6.63. The minimum atomic E-state index is 0.639. The van der Waals surface area contributed by atoms with E-state index < -0.39 is 0 Å². The number of halogens is 2. The molecule has 0 aliphatic carbocycles. The molecule has 0 aliphatic heterocycles. The van der Waals surface area contributed by atoms with Crippen molar-refractivity contribution < 1.29 is 4.84 Å². The molecule has 76 valence electrons. The second-order valence-corrected chi connectivity index (χ2v) is 3.77. The lowest BCUT2D eigenvalue weighted by Gasteiger charge is -2.03. The molecule has 0 aromatic heterocycles. The summed E-state index contributed by atoms with van der Waals surface area (Å²) in [7, 11) is 1.52. The largest absolute Gasteiger partial charge is 0.399 e. The fourth-order valence-electron chi connectivity index (χ4n) is 1.13. The van der Waals surface area contributed by atoms with Gasteiger partial charge in [0.25, 0.3) is 0 Å². The van der Waals surface area contributed by atoms with Crippen LogP contribution in [0.15, 0.2) is 23.4 Å². The van der Waals surface area contributed by atoms with E-state index in [1.54, 1.807) is 6.07 Å². The normalized spacial score (nSPS) is 11.6. The van der Waals surface area contributed by atoms with Crippen molar-refractivity contribution >= 4 is 28.9 Å². The molecule has 0 saturated carbocycles. The van der Waals surface area contributed by atoms with Gasteiger partial charge in [0.2, 0.25) is 0 Å². The Morgan fingerprint density at radius 2 is 2.14 bits per heavy atom. The Morgan fingerprint density at radius 1 is 1.43 bits per heavy atom. The van der Waals surface area contributed by atoms with Gasteiger partial charge in [0.1, 0.15) is 7.11 Å². The van der Waals surface area contributed by atoms with Crippen LogP contribution < -0.4 is 0 Å². The van der Waals surface area contributed by atoms with Crippen LogP contribution >= 0.6 is 23.2 Å². The smallest absolute Gasteiger partial charge is 0.106 e. The third kappa shape index (κ3) is 3.20. The minimum absolute atomic E-state index is 0.639. The maximum absolute atomic E-state index is 5.99. The first-order valence-corrected chi connectivity index (χ1v) is 4.89. The van der Waals surface area contributed by atoms with Crippen LogP contribution in [-0.4, -0.2) is 12.8 Å². The second kappa shape index (κ2) is 5.23.